The van der Waals surface area contributed by atoms with Crippen LogP contribution in [0.5, 0.6) is 11.5 Å². The third-order valence-electron chi connectivity index (χ3n) is 1.84. The van der Waals surface area contributed by atoms with Crippen molar-refractivity contribution in [2.24, 2.45) is 0 Å². The summed E-state index contributed by atoms with van der Waals surface area (Å²) in [5.74, 6) is -0.0154. The van der Waals surface area contributed by atoms with Gasteiger partial charge in [0.2, 0.25) is 0 Å². The van der Waals surface area contributed by atoms with Gasteiger partial charge in [-0.05, 0) is 12.1 Å². The lowest BCUT2D eigenvalue weighted by Crippen LogP contribution is -2.17. The van der Waals surface area contributed by atoms with Crippen LogP contribution in [-0.4, -0.2) is 26.7 Å². The number of benzene rings is 1. The maximum absolute atomic E-state index is 12.1. The third kappa shape index (κ3) is 6.11. The van der Waals surface area contributed by atoms with E-state index in [0.717, 1.165) is 0 Å². The standard InChI is InChI=1S/C11H12BrF3O3/c1-16-3-2-4-17-9-5-8(12)6-10(7-9)18-11(13,14)15/h5-7H,2-4H2,1H3. The molecule has 0 saturated carbocycles. The van der Waals surface area contributed by atoms with Gasteiger partial charge in [0.1, 0.15) is 11.5 Å². The molecule has 0 heterocycles. The van der Waals surface area contributed by atoms with Gasteiger partial charge in [0.15, 0.2) is 0 Å². The predicted molar refractivity (Wildman–Crippen MR) is 62.8 cm³/mol. The van der Waals surface area contributed by atoms with Crippen molar-refractivity contribution >= 4 is 15.9 Å². The van der Waals surface area contributed by atoms with Crippen molar-refractivity contribution in [3.63, 3.8) is 0 Å². The number of methoxy groups -OCH3 is 1. The van der Waals surface area contributed by atoms with Crippen LogP contribution in [0, 0.1) is 0 Å². The van der Waals surface area contributed by atoms with Crippen molar-refractivity contribution in [1.29, 1.82) is 0 Å². The van der Waals surface area contributed by atoms with Gasteiger partial charge in [-0.25, -0.2) is 0 Å². The van der Waals surface area contributed by atoms with Crippen LogP contribution in [-0.2, 0) is 4.74 Å². The molecule has 0 radical (unpaired) electrons. The van der Waals surface area contributed by atoms with Gasteiger partial charge in [-0.3, -0.25) is 0 Å². The summed E-state index contributed by atoms with van der Waals surface area (Å²) in [5, 5.41) is 0. The van der Waals surface area contributed by atoms with Gasteiger partial charge in [-0.1, -0.05) is 15.9 Å². The maximum Gasteiger partial charge on any atom is 0.573 e. The van der Waals surface area contributed by atoms with Gasteiger partial charge in [0, 0.05) is 30.7 Å². The lowest BCUT2D eigenvalue weighted by Gasteiger charge is -2.11. The number of rotatable bonds is 6. The molecule has 18 heavy (non-hydrogen) atoms. The monoisotopic (exact) mass is 328 g/mol. The summed E-state index contributed by atoms with van der Waals surface area (Å²) in [5.41, 5.74) is 0. The molecule has 0 saturated heterocycles. The summed E-state index contributed by atoms with van der Waals surface area (Å²) in [4.78, 5) is 0. The second kappa shape index (κ2) is 6.84. The first-order chi connectivity index (χ1) is 8.40. The molecule has 0 unspecified atom stereocenters. The summed E-state index contributed by atoms with van der Waals surface area (Å²) in [7, 11) is 1.56. The van der Waals surface area contributed by atoms with E-state index in [9.17, 15) is 13.2 Å². The van der Waals surface area contributed by atoms with Crippen LogP contribution in [0.4, 0.5) is 13.2 Å². The molecule has 1 aromatic carbocycles. The van der Waals surface area contributed by atoms with E-state index in [4.69, 9.17) is 9.47 Å². The first-order valence-electron chi connectivity index (χ1n) is 5.09. The van der Waals surface area contributed by atoms with Crippen LogP contribution in [0.2, 0.25) is 0 Å². The Balaban J connectivity index is 2.63. The minimum atomic E-state index is -4.71. The quantitative estimate of drug-likeness (QED) is 0.744. The van der Waals surface area contributed by atoms with Crippen molar-refractivity contribution in [1.82, 2.24) is 0 Å². The number of hydrogen-bond donors (Lipinski definition) is 0. The molecule has 1 aromatic rings. The van der Waals surface area contributed by atoms with Gasteiger partial charge in [0.25, 0.3) is 0 Å². The molecule has 7 heteroatoms. The fourth-order valence-corrected chi connectivity index (χ4v) is 1.66. The molecule has 0 bridgehead atoms. The Morgan fingerprint density at radius 3 is 2.39 bits per heavy atom. The normalized spacial score (nSPS) is 11.4. The molecule has 1 rings (SSSR count). The van der Waals surface area contributed by atoms with E-state index in [-0.39, 0.29) is 5.75 Å². The van der Waals surface area contributed by atoms with E-state index in [2.05, 4.69) is 20.7 Å². The first-order valence-corrected chi connectivity index (χ1v) is 5.88. The first kappa shape index (κ1) is 15.1. The van der Waals surface area contributed by atoms with Crippen LogP contribution in [0.15, 0.2) is 22.7 Å². The zero-order valence-corrected chi connectivity index (χ0v) is 11.2. The van der Waals surface area contributed by atoms with E-state index < -0.39 is 6.36 Å². The molecule has 0 aliphatic carbocycles. The zero-order valence-electron chi connectivity index (χ0n) is 9.59. The Hall–Kier alpha value is -0.950. The highest BCUT2D eigenvalue weighted by atomic mass is 79.9. The van der Waals surface area contributed by atoms with E-state index in [1.807, 2.05) is 0 Å². The lowest BCUT2D eigenvalue weighted by molar-refractivity contribution is -0.274. The Morgan fingerprint density at radius 2 is 1.78 bits per heavy atom. The van der Waals surface area contributed by atoms with Crippen molar-refractivity contribution in [2.45, 2.75) is 12.8 Å². The Morgan fingerprint density at radius 1 is 1.11 bits per heavy atom. The molecule has 0 aliphatic heterocycles. The molecule has 3 nitrogen and oxygen atoms in total. The van der Waals surface area contributed by atoms with Gasteiger partial charge < -0.3 is 14.2 Å². The summed E-state index contributed by atoms with van der Waals surface area (Å²) in [6, 6.07) is 3.97. The molecule has 0 aliphatic rings. The van der Waals surface area contributed by atoms with Gasteiger partial charge >= 0.3 is 6.36 Å². The number of ether oxygens (including phenoxy) is 3. The molecular weight excluding hydrogens is 317 g/mol. The molecule has 102 valence electrons. The summed E-state index contributed by atoms with van der Waals surface area (Å²) < 4.78 is 50.6. The van der Waals surface area contributed by atoms with Gasteiger partial charge in [-0.15, -0.1) is 13.2 Å². The SMILES string of the molecule is COCCCOc1cc(Br)cc(OC(F)(F)F)c1. The fourth-order valence-electron chi connectivity index (χ4n) is 1.21. The highest BCUT2D eigenvalue weighted by Gasteiger charge is 2.31. The molecule has 0 fully saturated rings. The van der Waals surface area contributed by atoms with Crippen LogP contribution >= 0.6 is 15.9 Å². The van der Waals surface area contributed by atoms with E-state index in [1.165, 1.54) is 12.1 Å². The van der Waals surface area contributed by atoms with E-state index in [1.54, 1.807) is 13.2 Å². The summed E-state index contributed by atoms with van der Waals surface area (Å²) >= 11 is 3.09. The molecule has 0 spiro atoms. The molecule has 0 atom stereocenters. The minimum Gasteiger partial charge on any atom is -0.493 e. The highest BCUT2D eigenvalue weighted by molar-refractivity contribution is 9.10. The molecular formula is C11H12BrF3O3. The van der Waals surface area contributed by atoms with E-state index >= 15 is 0 Å². The summed E-state index contributed by atoms with van der Waals surface area (Å²) in [6.45, 7) is 0.885. The third-order valence-corrected chi connectivity index (χ3v) is 2.30. The Kier molecular flexibility index (Phi) is 5.74. The van der Waals surface area contributed by atoms with Crippen LogP contribution in [0.25, 0.3) is 0 Å². The molecule has 0 amide bonds. The average molecular weight is 329 g/mol. The van der Waals surface area contributed by atoms with Crippen molar-refractivity contribution in [2.75, 3.05) is 20.3 Å². The Bertz CT molecular complexity index is 382. The molecule has 0 aromatic heterocycles. The second-order valence-electron chi connectivity index (χ2n) is 3.37. The van der Waals surface area contributed by atoms with Crippen molar-refractivity contribution < 1.29 is 27.4 Å². The predicted octanol–water partition coefficient (Wildman–Crippen LogP) is 3.76. The van der Waals surface area contributed by atoms with Crippen LogP contribution in [0.1, 0.15) is 6.42 Å². The zero-order chi connectivity index (χ0) is 13.6. The van der Waals surface area contributed by atoms with Gasteiger partial charge in [-0.2, -0.15) is 0 Å². The largest absolute Gasteiger partial charge is 0.573 e. The smallest absolute Gasteiger partial charge is 0.493 e. The van der Waals surface area contributed by atoms with Crippen LogP contribution in [0.3, 0.4) is 0 Å². The minimum absolute atomic E-state index is 0.305. The summed E-state index contributed by atoms with van der Waals surface area (Å²) in [6.07, 6.45) is -4.06. The van der Waals surface area contributed by atoms with Crippen LogP contribution < -0.4 is 9.47 Å². The van der Waals surface area contributed by atoms with Crippen molar-refractivity contribution in [3.8, 4) is 11.5 Å². The number of halogens is 4. The average Bonchev–Trinajstić information content (AvgIpc) is 2.21. The van der Waals surface area contributed by atoms with Crippen molar-refractivity contribution in [3.05, 3.63) is 22.7 Å². The maximum atomic E-state index is 12.1. The number of alkyl halides is 3. The number of hydrogen-bond acceptors (Lipinski definition) is 3. The topological polar surface area (TPSA) is 27.7 Å². The second-order valence-corrected chi connectivity index (χ2v) is 4.28. The highest BCUT2D eigenvalue weighted by Crippen LogP contribution is 2.30. The fraction of sp³-hybridized carbons (Fsp3) is 0.455. The van der Waals surface area contributed by atoms with Gasteiger partial charge in [0.05, 0.1) is 6.61 Å². The Labute approximate surface area is 111 Å². The molecule has 0 N–H and O–H groups in total. The van der Waals surface area contributed by atoms with E-state index in [0.29, 0.717) is 29.9 Å². The lowest BCUT2D eigenvalue weighted by atomic mass is 10.3.